The molecule has 0 atom stereocenters. The van der Waals surface area contributed by atoms with Crippen LogP contribution in [0.25, 0.3) is 0 Å². The van der Waals surface area contributed by atoms with Gasteiger partial charge in [0.1, 0.15) is 0 Å². The molecule has 0 N–H and O–H groups in total. The summed E-state index contributed by atoms with van der Waals surface area (Å²) in [7, 11) is 0. The SMILES string of the molecule is CCCCCCCC(C)(C)C(OCC)(OCC)C(Cc1ccccc1)(OCC)OCC. The topological polar surface area (TPSA) is 36.9 Å². The molecule has 0 bridgehead atoms. The predicted molar refractivity (Wildman–Crippen MR) is 129 cm³/mol. The second-order valence-electron chi connectivity index (χ2n) is 8.81. The first-order chi connectivity index (χ1) is 14.9. The molecule has 0 saturated heterocycles. The summed E-state index contributed by atoms with van der Waals surface area (Å²) in [5.74, 6) is -2.08. The molecule has 31 heavy (non-hydrogen) atoms. The Morgan fingerprint density at radius 3 is 1.65 bits per heavy atom. The minimum absolute atomic E-state index is 0.315. The number of benzene rings is 1. The van der Waals surface area contributed by atoms with Crippen LogP contribution < -0.4 is 0 Å². The Morgan fingerprint density at radius 2 is 1.16 bits per heavy atom. The van der Waals surface area contributed by atoms with Crippen LogP contribution in [0.5, 0.6) is 0 Å². The van der Waals surface area contributed by atoms with Crippen molar-refractivity contribution in [3.05, 3.63) is 35.9 Å². The number of rotatable bonds is 18. The summed E-state index contributed by atoms with van der Waals surface area (Å²) in [5, 5.41) is 0. The van der Waals surface area contributed by atoms with E-state index in [1.165, 1.54) is 25.7 Å². The summed E-state index contributed by atoms with van der Waals surface area (Å²) in [5.41, 5.74) is 0.830. The summed E-state index contributed by atoms with van der Waals surface area (Å²) >= 11 is 0. The van der Waals surface area contributed by atoms with Gasteiger partial charge in [-0.3, -0.25) is 0 Å². The Bertz CT molecular complexity index is 558. The highest BCUT2D eigenvalue weighted by molar-refractivity contribution is 5.18. The molecule has 180 valence electrons. The molecule has 0 aliphatic heterocycles. The predicted octanol–water partition coefficient (Wildman–Crippen LogP) is 7.15. The normalized spacial score (nSPS) is 13.0. The first-order valence-corrected chi connectivity index (χ1v) is 12.5. The third-order valence-corrected chi connectivity index (χ3v) is 6.03. The lowest BCUT2D eigenvalue weighted by Crippen LogP contribution is -2.68. The molecule has 0 aliphatic rings. The van der Waals surface area contributed by atoms with Crippen molar-refractivity contribution in [1.82, 2.24) is 0 Å². The van der Waals surface area contributed by atoms with E-state index in [0.717, 1.165) is 18.4 Å². The highest BCUT2D eigenvalue weighted by atomic mass is 16.8. The van der Waals surface area contributed by atoms with E-state index in [1.807, 2.05) is 33.8 Å². The Hall–Kier alpha value is -0.940. The minimum Gasteiger partial charge on any atom is -0.345 e. The van der Waals surface area contributed by atoms with Gasteiger partial charge >= 0.3 is 0 Å². The van der Waals surface area contributed by atoms with E-state index < -0.39 is 11.6 Å². The van der Waals surface area contributed by atoms with Gasteiger partial charge in [-0.05, 0) is 39.7 Å². The van der Waals surface area contributed by atoms with E-state index in [2.05, 4.69) is 45.0 Å². The van der Waals surface area contributed by atoms with Crippen LogP contribution in [-0.4, -0.2) is 38.0 Å². The zero-order valence-electron chi connectivity index (χ0n) is 21.3. The summed E-state index contributed by atoms with van der Waals surface area (Å²) in [6.45, 7) is 16.9. The zero-order valence-corrected chi connectivity index (χ0v) is 21.3. The zero-order chi connectivity index (χ0) is 23.2. The quantitative estimate of drug-likeness (QED) is 0.181. The van der Waals surface area contributed by atoms with Crippen molar-refractivity contribution < 1.29 is 18.9 Å². The van der Waals surface area contributed by atoms with Gasteiger partial charge < -0.3 is 18.9 Å². The molecule has 0 fully saturated rings. The fourth-order valence-corrected chi connectivity index (χ4v) is 4.69. The maximum Gasteiger partial charge on any atom is 0.229 e. The Labute approximate surface area is 192 Å². The molecule has 0 amide bonds. The molecule has 1 aromatic rings. The Balaban J connectivity index is 3.45. The molecule has 1 rings (SSSR count). The average Bonchev–Trinajstić information content (AvgIpc) is 2.74. The molecule has 1 aromatic carbocycles. The second kappa shape index (κ2) is 14.3. The monoisotopic (exact) mass is 436 g/mol. The summed E-state index contributed by atoms with van der Waals surface area (Å²) in [6.07, 6.45) is 7.71. The smallest absolute Gasteiger partial charge is 0.229 e. The molecular formula is C27H48O4. The molecule has 0 radical (unpaired) electrons. The molecule has 0 spiro atoms. The van der Waals surface area contributed by atoms with Gasteiger partial charge in [-0.15, -0.1) is 0 Å². The molecule has 4 nitrogen and oxygen atoms in total. The first kappa shape index (κ1) is 28.1. The van der Waals surface area contributed by atoms with E-state index in [4.69, 9.17) is 18.9 Å². The lowest BCUT2D eigenvalue weighted by atomic mass is 9.72. The van der Waals surface area contributed by atoms with E-state index in [-0.39, 0.29) is 5.41 Å². The van der Waals surface area contributed by atoms with E-state index >= 15 is 0 Å². The maximum atomic E-state index is 6.58. The van der Waals surface area contributed by atoms with Gasteiger partial charge in [0.05, 0.1) is 0 Å². The van der Waals surface area contributed by atoms with Gasteiger partial charge in [-0.2, -0.15) is 0 Å². The van der Waals surface area contributed by atoms with Crippen LogP contribution in [0.3, 0.4) is 0 Å². The van der Waals surface area contributed by atoms with Gasteiger partial charge in [0.15, 0.2) is 0 Å². The fourth-order valence-electron chi connectivity index (χ4n) is 4.69. The number of hydrogen-bond donors (Lipinski definition) is 0. The van der Waals surface area contributed by atoms with Crippen molar-refractivity contribution in [1.29, 1.82) is 0 Å². The van der Waals surface area contributed by atoms with E-state index in [9.17, 15) is 0 Å². The van der Waals surface area contributed by atoms with Gasteiger partial charge in [-0.25, -0.2) is 0 Å². The molecule has 0 aromatic heterocycles. The highest BCUT2D eigenvalue weighted by Gasteiger charge is 2.63. The molecule has 0 saturated carbocycles. The lowest BCUT2D eigenvalue weighted by Gasteiger charge is -2.55. The van der Waals surface area contributed by atoms with Crippen molar-refractivity contribution in [2.75, 3.05) is 26.4 Å². The number of ether oxygens (including phenoxy) is 4. The van der Waals surface area contributed by atoms with Crippen LogP contribution in [0.4, 0.5) is 0 Å². The Morgan fingerprint density at radius 1 is 0.645 bits per heavy atom. The van der Waals surface area contributed by atoms with Crippen molar-refractivity contribution in [2.45, 2.75) is 105 Å². The van der Waals surface area contributed by atoms with Gasteiger partial charge in [-0.1, -0.05) is 83.2 Å². The standard InChI is InChI=1S/C27H48O4/c1-8-13-14-15-19-22-25(6,7)27(30-11-4,31-12-5)26(28-9-2,29-10-3)23-24-20-17-16-18-21-24/h16-18,20-21H,8-15,19,22-23H2,1-7H3. The second-order valence-corrected chi connectivity index (χ2v) is 8.81. The largest absolute Gasteiger partial charge is 0.345 e. The van der Waals surface area contributed by atoms with Crippen LogP contribution in [0.1, 0.15) is 92.6 Å². The fraction of sp³-hybridized carbons (Fsp3) is 0.778. The molecule has 0 heterocycles. The molecule has 0 unspecified atom stereocenters. The summed E-state index contributed by atoms with van der Waals surface area (Å²) in [4.78, 5) is 0. The minimum atomic E-state index is -1.04. The third-order valence-electron chi connectivity index (χ3n) is 6.03. The molecule has 4 heteroatoms. The van der Waals surface area contributed by atoms with Crippen LogP contribution in [0, 0.1) is 5.41 Å². The van der Waals surface area contributed by atoms with Crippen LogP contribution in [0.2, 0.25) is 0 Å². The van der Waals surface area contributed by atoms with Crippen LogP contribution in [0.15, 0.2) is 30.3 Å². The van der Waals surface area contributed by atoms with Crippen LogP contribution in [-0.2, 0) is 25.4 Å². The number of unbranched alkanes of at least 4 members (excludes halogenated alkanes) is 4. The first-order valence-electron chi connectivity index (χ1n) is 12.5. The van der Waals surface area contributed by atoms with Gasteiger partial charge in [0.2, 0.25) is 11.6 Å². The lowest BCUT2D eigenvalue weighted by molar-refractivity contribution is -0.439. The average molecular weight is 437 g/mol. The third kappa shape index (κ3) is 7.28. The van der Waals surface area contributed by atoms with Gasteiger partial charge in [0.25, 0.3) is 0 Å². The number of hydrogen-bond acceptors (Lipinski definition) is 4. The van der Waals surface area contributed by atoms with Crippen molar-refractivity contribution in [3.63, 3.8) is 0 Å². The molecule has 0 aliphatic carbocycles. The van der Waals surface area contributed by atoms with Crippen LogP contribution >= 0.6 is 0 Å². The maximum absolute atomic E-state index is 6.58. The molecular weight excluding hydrogens is 388 g/mol. The highest BCUT2D eigenvalue weighted by Crippen LogP contribution is 2.50. The summed E-state index contributed by atoms with van der Waals surface area (Å²) in [6, 6.07) is 10.4. The van der Waals surface area contributed by atoms with Crippen molar-refractivity contribution in [2.24, 2.45) is 5.41 Å². The summed E-state index contributed by atoms with van der Waals surface area (Å²) < 4.78 is 26.2. The van der Waals surface area contributed by atoms with Gasteiger partial charge in [0, 0.05) is 38.3 Å². The van der Waals surface area contributed by atoms with Crippen molar-refractivity contribution >= 4 is 0 Å². The Kier molecular flexibility index (Phi) is 12.9. The van der Waals surface area contributed by atoms with E-state index in [1.54, 1.807) is 0 Å². The van der Waals surface area contributed by atoms with Crippen molar-refractivity contribution in [3.8, 4) is 0 Å². The van der Waals surface area contributed by atoms with E-state index in [0.29, 0.717) is 32.8 Å².